The molecule has 1 N–H and O–H groups in total. The summed E-state index contributed by atoms with van der Waals surface area (Å²) in [5.74, 6) is 0. The van der Waals surface area contributed by atoms with Crippen LogP contribution >= 0.6 is 0 Å². The van der Waals surface area contributed by atoms with E-state index in [2.05, 4.69) is 4.74 Å². The quantitative estimate of drug-likeness (QED) is 0.498. The summed E-state index contributed by atoms with van der Waals surface area (Å²) in [6.07, 6.45) is 0.707. The number of rotatable bonds is 4. The van der Waals surface area contributed by atoms with Crippen molar-refractivity contribution in [3.05, 3.63) is 0 Å². The lowest BCUT2D eigenvalue weighted by molar-refractivity contribution is 0.150. The van der Waals surface area contributed by atoms with E-state index >= 15 is 0 Å². The zero-order valence-electron chi connectivity index (χ0n) is 6.16. The summed E-state index contributed by atoms with van der Waals surface area (Å²) in [6.45, 7) is 2.19. The second-order valence-corrected chi connectivity index (χ2v) is 2.50. The maximum atomic E-state index is 10.4. The molecule has 0 aromatic rings. The van der Waals surface area contributed by atoms with Crippen LogP contribution in [0.1, 0.15) is 19.8 Å². The molecule has 0 aromatic heterocycles. The van der Waals surface area contributed by atoms with Crippen molar-refractivity contribution in [3.63, 3.8) is 0 Å². The largest absolute Gasteiger partial charge is 0.755 e. The SMILES string of the molecule is CCCCOC(=O)NS(=O)[O-]. The van der Waals surface area contributed by atoms with Gasteiger partial charge in [0, 0.05) is 11.3 Å². The summed E-state index contributed by atoms with van der Waals surface area (Å²) in [6, 6.07) is 0. The predicted octanol–water partition coefficient (Wildman–Crippen LogP) is 0.307. The number of nitrogens with one attached hydrogen (secondary N) is 1. The first-order chi connectivity index (χ1) is 5.16. The highest BCUT2D eigenvalue weighted by Crippen LogP contribution is 1.87. The molecule has 0 spiro atoms. The first-order valence-corrected chi connectivity index (χ1v) is 4.27. The Kier molecular flexibility index (Phi) is 5.77. The monoisotopic (exact) mass is 180 g/mol. The molecular weight excluding hydrogens is 170 g/mol. The number of hydrogen-bond acceptors (Lipinski definition) is 4. The molecule has 0 saturated heterocycles. The normalized spacial score (nSPS) is 12.2. The second kappa shape index (κ2) is 6.11. The Labute approximate surface area is 67.5 Å². The Morgan fingerprint density at radius 2 is 2.36 bits per heavy atom. The topological polar surface area (TPSA) is 78.5 Å². The van der Waals surface area contributed by atoms with Crippen LogP contribution in [0.4, 0.5) is 4.79 Å². The Bertz CT molecular complexity index is 149. The Morgan fingerprint density at radius 1 is 1.73 bits per heavy atom. The van der Waals surface area contributed by atoms with Crippen LogP contribution in [0.5, 0.6) is 0 Å². The van der Waals surface area contributed by atoms with Gasteiger partial charge in [0.25, 0.3) is 0 Å². The number of ether oxygens (including phenoxy) is 1. The zero-order chi connectivity index (χ0) is 8.69. The van der Waals surface area contributed by atoms with Crippen LogP contribution in [-0.2, 0) is 16.0 Å². The standard InChI is InChI=1S/C5H11NO4S/c1-2-3-4-10-5(7)6-11(8)9/h2-4H2,1H3,(H,6,7)(H,8,9)/p-1. The van der Waals surface area contributed by atoms with Crippen LogP contribution in [0.3, 0.4) is 0 Å². The minimum absolute atomic E-state index is 0.250. The molecule has 0 heterocycles. The Hall–Kier alpha value is -0.620. The van der Waals surface area contributed by atoms with Gasteiger partial charge >= 0.3 is 6.09 Å². The van der Waals surface area contributed by atoms with Crippen molar-refractivity contribution in [2.24, 2.45) is 0 Å². The average Bonchev–Trinajstić information content (AvgIpc) is 1.86. The summed E-state index contributed by atoms with van der Waals surface area (Å²) < 4.78 is 25.7. The first-order valence-electron chi connectivity index (χ1n) is 3.19. The van der Waals surface area contributed by atoms with Gasteiger partial charge < -0.3 is 9.29 Å². The molecule has 0 aromatic carbocycles. The van der Waals surface area contributed by atoms with E-state index < -0.39 is 17.4 Å². The number of carbonyl (C=O) groups excluding carboxylic acids is 1. The van der Waals surface area contributed by atoms with Crippen molar-refractivity contribution in [1.29, 1.82) is 0 Å². The van der Waals surface area contributed by atoms with E-state index in [1.54, 1.807) is 4.72 Å². The van der Waals surface area contributed by atoms with Gasteiger partial charge in [-0.25, -0.2) is 4.79 Å². The van der Waals surface area contributed by atoms with Crippen LogP contribution in [0.25, 0.3) is 0 Å². The molecule has 6 heteroatoms. The molecule has 11 heavy (non-hydrogen) atoms. The van der Waals surface area contributed by atoms with Crippen molar-refractivity contribution in [2.75, 3.05) is 6.61 Å². The predicted molar refractivity (Wildman–Crippen MR) is 38.3 cm³/mol. The molecule has 0 rings (SSSR count). The fraction of sp³-hybridized carbons (Fsp3) is 0.800. The van der Waals surface area contributed by atoms with Gasteiger partial charge in [0.15, 0.2) is 0 Å². The molecule has 1 amide bonds. The highest BCUT2D eigenvalue weighted by atomic mass is 32.2. The van der Waals surface area contributed by atoms with Crippen molar-refractivity contribution < 1.29 is 18.3 Å². The maximum absolute atomic E-state index is 10.4. The van der Waals surface area contributed by atoms with E-state index in [0.29, 0.717) is 0 Å². The second-order valence-electron chi connectivity index (χ2n) is 1.83. The van der Waals surface area contributed by atoms with Crippen LogP contribution in [0.15, 0.2) is 0 Å². The van der Waals surface area contributed by atoms with E-state index in [9.17, 15) is 13.6 Å². The minimum atomic E-state index is -2.58. The molecule has 0 fully saturated rings. The molecule has 0 saturated carbocycles. The number of amides is 1. The third kappa shape index (κ3) is 7.27. The fourth-order valence-electron chi connectivity index (χ4n) is 0.407. The van der Waals surface area contributed by atoms with E-state index in [0.717, 1.165) is 12.8 Å². The molecule has 1 atom stereocenters. The zero-order valence-corrected chi connectivity index (χ0v) is 6.98. The lowest BCUT2D eigenvalue weighted by Crippen LogP contribution is -2.26. The lowest BCUT2D eigenvalue weighted by atomic mass is 10.4. The summed E-state index contributed by atoms with van der Waals surface area (Å²) in [4.78, 5) is 10.4. The van der Waals surface area contributed by atoms with Crippen LogP contribution < -0.4 is 4.72 Å². The van der Waals surface area contributed by atoms with Crippen LogP contribution in [0, 0.1) is 0 Å². The van der Waals surface area contributed by atoms with Gasteiger partial charge in [-0.2, -0.15) is 0 Å². The third-order valence-electron chi connectivity index (χ3n) is 0.898. The maximum Gasteiger partial charge on any atom is 0.418 e. The molecule has 5 nitrogen and oxygen atoms in total. The van der Waals surface area contributed by atoms with Gasteiger partial charge in [0.2, 0.25) is 0 Å². The average molecular weight is 180 g/mol. The Balaban J connectivity index is 3.30. The van der Waals surface area contributed by atoms with E-state index in [4.69, 9.17) is 0 Å². The number of carbonyl (C=O) groups is 1. The molecule has 0 radical (unpaired) electrons. The van der Waals surface area contributed by atoms with Gasteiger partial charge in [-0.15, -0.1) is 0 Å². The lowest BCUT2D eigenvalue weighted by Gasteiger charge is -2.06. The van der Waals surface area contributed by atoms with Crippen molar-refractivity contribution in [2.45, 2.75) is 19.8 Å². The fourth-order valence-corrected chi connectivity index (χ4v) is 0.602. The van der Waals surface area contributed by atoms with Gasteiger partial charge in [-0.1, -0.05) is 13.3 Å². The highest BCUT2D eigenvalue weighted by molar-refractivity contribution is 7.77. The van der Waals surface area contributed by atoms with Crippen LogP contribution in [0.2, 0.25) is 0 Å². The molecule has 0 aliphatic rings. The number of unbranched alkanes of at least 4 members (excludes halogenated alkanes) is 1. The van der Waals surface area contributed by atoms with Gasteiger partial charge in [-0.05, 0) is 6.42 Å². The van der Waals surface area contributed by atoms with Crippen molar-refractivity contribution in [1.82, 2.24) is 4.72 Å². The molecule has 0 aliphatic carbocycles. The van der Waals surface area contributed by atoms with Crippen molar-refractivity contribution in [3.8, 4) is 0 Å². The van der Waals surface area contributed by atoms with Crippen molar-refractivity contribution >= 4 is 17.4 Å². The summed E-state index contributed by atoms with van der Waals surface area (Å²) >= 11 is -2.58. The molecule has 1 unspecified atom stereocenters. The summed E-state index contributed by atoms with van der Waals surface area (Å²) in [7, 11) is 0. The van der Waals surface area contributed by atoms with Crippen LogP contribution in [-0.4, -0.2) is 21.5 Å². The van der Waals surface area contributed by atoms with Gasteiger partial charge in [0.05, 0.1) is 6.61 Å². The van der Waals surface area contributed by atoms with Gasteiger partial charge in [0.1, 0.15) is 0 Å². The van der Waals surface area contributed by atoms with E-state index in [1.807, 2.05) is 6.92 Å². The summed E-state index contributed by atoms with van der Waals surface area (Å²) in [5.41, 5.74) is 0. The van der Waals surface area contributed by atoms with Gasteiger partial charge in [-0.3, -0.25) is 8.93 Å². The minimum Gasteiger partial charge on any atom is -0.755 e. The summed E-state index contributed by atoms with van der Waals surface area (Å²) in [5, 5.41) is 0. The highest BCUT2D eigenvalue weighted by Gasteiger charge is 1.98. The molecule has 66 valence electrons. The first kappa shape index (κ1) is 10.4. The van der Waals surface area contributed by atoms with E-state index in [-0.39, 0.29) is 6.61 Å². The Morgan fingerprint density at radius 3 is 2.82 bits per heavy atom. The molecular formula is C5H10NO4S-. The molecule has 0 bridgehead atoms. The third-order valence-corrected chi connectivity index (χ3v) is 1.23. The van der Waals surface area contributed by atoms with E-state index in [1.165, 1.54) is 0 Å². The number of hydrogen-bond donors (Lipinski definition) is 1. The smallest absolute Gasteiger partial charge is 0.418 e. The molecule has 0 aliphatic heterocycles.